The first-order chi connectivity index (χ1) is 14.0. The molecule has 29 heavy (non-hydrogen) atoms. The fourth-order valence-electron chi connectivity index (χ4n) is 2.66. The van der Waals surface area contributed by atoms with Crippen LogP contribution in [-0.4, -0.2) is 22.8 Å². The predicted molar refractivity (Wildman–Crippen MR) is 109 cm³/mol. The molecule has 0 saturated carbocycles. The molecule has 0 radical (unpaired) electrons. The van der Waals surface area contributed by atoms with Crippen molar-refractivity contribution in [3.8, 4) is 0 Å². The van der Waals surface area contributed by atoms with E-state index in [0.29, 0.717) is 6.54 Å². The summed E-state index contributed by atoms with van der Waals surface area (Å²) in [5.41, 5.74) is 1.37. The monoisotopic (exact) mass is 392 g/mol. The maximum Gasteiger partial charge on any atom is 0.255 e. The third-order valence-corrected chi connectivity index (χ3v) is 4.23. The van der Waals surface area contributed by atoms with Crippen molar-refractivity contribution in [3.05, 3.63) is 89.9 Å². The second-order valence-electron chi connectivity index (χ2n) is 6.40. The van der Waals surface area contributed by atoms with Gasteiger partial charge in [0.2, 0.25) is 5.91 Å². The van der Waals surface area contributed by atoms with Gasteiger partial charge in [0.15, 0.2) is 0 Å². The Labute approximate surface area is 168 Å². The van der Waals surface area contributed by atoms with Gasteiger partial charge in [0.25, 0.3) is 5.91 Å². The Hall–Kier alpha value is -3.74. The standard InChI is InChI=1S/C22H21FN4O2/c1-15(21(28)25-14-16-8-3-2-4-9-16)26-22(29)17-10-7-13-24-20(17)27-19-12-6-5-11-18(19)23/h2-13,15H,14H2,1H3,(H,24,27)(H,25,28)(H,26,29). The number of nitrogens with zero attached hydrogens (tertiary/aromatic N) is 1. The fourth-order valence-corrected chi connectivity index (χ4v) is 2.66. The third-order valence-electron chi connectivity index (χ3n) is 4.23. The van der Waals surface area contributed by atoms with Crippen LogP contribution in [0.5, 0.6) is 0 Å². The van der Waals surface area contributed by atoms with Crippen molar-refractivity contribution in [1.82, 2.24) is 15.6 Å². The molecule has 1 aromatic heterocycles. The van der Waals surface area contributed by atoms with Gasteiger partial charge >= 0.3 is 0 Å². The molecule has 2 aromatic carbocycles. The molecular weight excluding hydrogens is 371 g/mol. The van der Waals surface area contributed by atoms with E-state index < -0.39 is 17.8 Å². The molecule has 3 N–H and O–H groups in total. The van der Waals surface area contributed by atoms with Crippen molar-refractivity contribution < 1.29 is 14.0 Å². The number of rotatable bonds is 7. The Morgan fingerprint density at radius 3 is 2.48 bits per heavy atom. The smallest absolute Gasteiger partial charge is 0.255 e. The normalized spacial score (nSPS) is 11.4. The number of para-hydroxylation sites is 1. The van der Waals surface area contributed by atoms with Crippen LogP contribution >= 0.6 is 0 Å². The molecule has 2 amide bonds. The molecule has 3 rings (SSSR count). The number of nitrogens with one attached hydrogen (secondary N) is 3. The number of amides is 2. The quantitative estimate of drug-likeness (QED) is 0.576. The molecule has 0 aliphatic carbocycles. The van der Waals surface area contributed by atoms with E-state index in [-0.39, 0.29) is 23.0 Å². The van der Waals surface area contributed by atoms with Gasteiger partial charge in [0.05, 0.1) is 11.3 Å². The van der Waals surface area contributed by atoms with Gasteiger partial charge < -0.3 is 16.0 Å². The fraction of sp³-hybridized carbons (Fsp3) is 0.136. The van der Waals surface area contributed by atoms with E-state index in [1.165, 1.54) is 12.3 Å². The van der Waals surface area contributed by atoms with E-state index in [1.54, 1.807) is 37.3 Å². The van der Waals surface area contributed by atoms with Gasteiger partial charge in [-0.2, -0.15) is 0 Å². The van der Waals surface area contributed by atoms with Gasteiger partial charge in [0, 0.05) is 12.7 Å². The maximum absolute atomic E-state index is 13.9. The number of anilines is 2. The predicted octanol–water partition coefficient (Wildman–Crippen LogP) is 3.40. The number of carbonyl (C=O) groups excluding carboxylic acids is 2. The van der Waals surface area contributed by atoms with Gasteiger partial charge in [-0.25, -0.2) is 9.37 Å². The highest BCUT2D eigenvalue weighted by Gasteiger charge is 2.19. The third kappa shape index (κ3) is 5.38. The number of benzene rings is 2. The molecule has 0 aliphatic rings. The molecule has 1 heterocycles. The van der Waals surface area contributed by atoms with Crippen LogP contribution in [0.1, 0.15) is 22.8 Å². The Balaban J connectivity index is 1.64. The lowest BCUT2D eigenvalue weighted by Gasteiger charge is -2.16. The van der Waals surface area contributed by atoms with Crippen LogP contribution in [0.25, 0.3) is 0 Å². The second kappa shape index (κ2) is 9.45. The van der Waals surface area contributed by atoms with Crippen molar-refractivity contribution in [2.24, 2.45) is 0 Å². The van der Waals surface area contributed by atoms with Crippen LogP contribution in [0.3, 0.4) is 0 Å². The number of pyridine rings is 1. The molecule has 148 valence electrons. The van der Waals surface area contributed by atoms with Crippen molar-refractivity contribution in [2.75, 3.05) is 5.32 Å². The number of aromatic nitrogens is 1. The zero-order valence-corrected chi connectivity index (χ0v) is 15.9. The summed E-state index contributed by atoms with van der Waals surface area (Å²) >= 11 is 0. The lowest BCUT2D eigenvalue weighted by atomic mass is 10.2. The number of halogens is 1. The summed E-state index contributed by atoms with van der Waals surface area (Å²) in [6.07, 6.45) is 1.50. The van der Waals surface area contributed by atoms with Gasteiger partial charge in [-0.1, -0.05) is 42.5 Å². The lowest BCUT2D eigenvalue weighted by molar-refractivity contribution is -0.122. The summed E-state index contributed by atoms with van der Waals surface area (Å²) in [7, 11) is 0. The molecule has 6 nitrogen and oxygen atoms in total. The van der Waals surface area contributed by atoms with Gasteiger partial charge in [-0.05, 0) is 36.8 Å². The zero-order chi connectivity index (χ0) is 20.6. The van der Waals surface area contributed by atoms with E-state index >= 15 is 0 Å². The Morgan fingerprint density at radius 2 is 1.72 bits per heavy atom. The van der Waals surface area contributed by atoms with Crippen LogP contribution in [0.4, 0.5) is 15.9 Å². The van der Waals surface area contributed by atoms with E-state index in [4.69, 9.17) is 0 Å². The molecule has 0 aliphatic heterocycles. The molecule has 0 fully saturated rings. The maximum atomic E-state index is 13.9. The van der Waals surface area contributed by atoms with Crippen LogP contribution < -0.4 is 16.0 Å². The van der Waals surface area contributed by atoms with E-state index in [1.807, 2.05) is 30.3 Å². The minimum atomic E-state index is -0.757. The largest absolute Gasteiger partial charge is 0.350 e. The Morgan fingerprint density at radius 1 is 1.00 bits per heavy atom. The van der Waals surface area contributed by atoms with Crippen LogP contribution in [0.2, 0.25) is 0 Å². The summed E-state index contributed by atoms with van der Waals surface area (Å²) in [5.74, 6) is -1.06. The summed E-state index contributed by atoms with van der Waals surface area (Å²) in [6, 6.07) is 18.0. The molecule has 3 aromatic rings. The minimum absolute atomic E-state index is 0.201. The summed E-state index contributed by atoms with van der Waals surface area (Å²) < 4.78 is 13.9. The zero-order valence-electron chi connectivity index (χ0n) is 15.9. The molecule has 1 atom stereocenters. The highest BCUT2D eigenvalue weighted by Crippen LogP contribution is 2.21. The summed E-state index contributed by atoms with van der Waals surface area (Å²) in [6.45, 7) is 1.96. The summed E-state index contributed by atoms with van der Waals surface area (Å²) in [5, 5.41) is 8.25. The highest BCUT2D eigenvalue weighted by atomic mass is 19.1. The molecule has 0 spiro atoms. The SMILES string of the molecule is CC(NC(=O)c1cccnc1Nc1ccccc1F)C(=O)NCc1ccccc1. The van der Waals surface area contributed by atoms with Gasteiger partial charge in [-0.3, -0.25) is 9.59 Å². The van der Waals surface area contributed by atoms with E-state index in [0.717, 1.165) is 5.56 Å². The molecule has 0 bridgehead atoms. The van der Waals surface area contributed by atoms with Crippen molar-refractivity contribution in [1.29, 1.82) is 0 Å². The average Bonchev–Trinajstić information content (AvgIpc) is 2.74. The lowest BCUT2D eigenvalue weighted by Crippen LogP contribution is -2.44. The number of hydrogen-bond acceptors (Lipinski definition) is 4. The Kier molecular flexibility index (Phi) is 6.52. The van der Waals surface area contributed by atoms with Gasteiger partial charge in [-0.15, -0.1) is 0 Å². The van der Waals surface area contributed by atoms with Crippen molar-refractivity contribution in [2.45, 2.75) is 19.5 Å². The van der Waals surface area contributed by atoms with Crippen molar-refractivity contribution in [3.63, 3.8) is 0 Å². The van der Waals surface area contributed by atoms with Gasteiger partial charge in [0.1, 0.15) is 17.7 Å². The van der Waals surface area contributed by atoms with Crippen LogP contribution in [0.15, 0.2) is 72.9 Å². The first-order valence-electron chi connectivity index (χ1n) is 9.13. The number of carbonyl (C=O) groups is 2. The van der Waals surface area contributed by atoms with Crippen LogP contribution in [0, 0.1) is 5.82 Å². The first-order valence-corrected chi connectivity index (χ1v) is 9.13. The summed E-state index contributed by atoms with van der Waals surface area (Å²) in [4.78, 5) is 29.1. The first kappa shape index (κ1) is 20.0. The molecule has 7 heteroatoms. The van der Waals surface area contributed by atoms with Crippen LogP contribution in [-0.2, 0) is 11.3 Å². The second-order valence-corrected chi connectivity index (χ2v) is 6.40. The highest BCUT2D eigenvalue weighted by molar-refractivity contribution is 6.01. The molecule has 0 saturated heterocycles. The average molecular weight is 392 g/mol. The molecule has 1 unspecified atom stereocenters. The minimum Gasteiger partial charge on any atom is -0.350 e. The van der Waals surface area contributed by atoms with E-state index in [9.17, 15) is 14.0 Å². The topological polar surface area (TPSA) is 83.1 Å². The molecular formula is C22H21FN4O2. The van der Waals surface area contributed by atoms with E-state index in [2.05, 4.69) is 20.9 Å². The Bertz CT molecular complexity index is 995. The van der Waals surface area contributed by atoms with Crippen molar-refractivity contribution >= 4 is 23.3 Å². The number of hydrogen-bond donors (Lipinski definition) is 3.